The number of hydrogen-bond acceptors (Lipinski definition) is 3. The Bertz CT molecular complexity index is 532. The van der Waals surface area contributed by atoms with Crippen molar-refractivity contribution >= 4 is 34.8 Å². The summed E-state index contributed by atoms with van der Waals surface area (Å²) in [4.78, 5) is 12.6. The van der Waals surface area contributed by atoms with Gasteiger partial charge in [0.1, 0.15) is 16.0 Å². The molecule has 2 aromatic heterocycles. The SMILES string of the molecule is CCCc1c(Cl)nc(-c2ccc(Cl)cn2)nc1Cl. The molecule has 0 aliphatic carbocycles. The lowest BCUT2D eigenvalue weighted by Gasteiger charge is -2.06. The monoisotopic (exact) mass is 301 g/mol. The average Bonchev–Trinajstić information content (AvgIpc) is 2.34. The number of hydrogen-bond donors (Lipinski definition) is 0. The van der Waals surface area contributed by atoms with Gasteiger partial charge in [-0.25, -0.2) is 9.97 Å². The molecule has 0 amide bonds. The molecule has 0 N–H and O–H groups in total. The fourth-order valence-electron chi connectivity index (χ4n) is 1.51. The van der Waals surface area contributed by atoms with Gasteiger partial charge in [0.2, 0.25) is 0 Å². The number of nitrogens with zero attached hydrogens (tertiary/aromatic N) is 3. The van der Waals surface area contributed by atoms with Crippen LogP contribution in [0.5, 0.6) is 0 Å². The molecule has 3 nitrogen and oxygen atoms in total. The molecule has 0 saturated carbocycles. The molecular weight excluding hydrogens is 293 g/mol. The van der Waals surface area contributed by atoms with Crippen molar-refractivity contribution in [1.29, 1.82) is 0 Å². The summed E-state index contributed by atoms with van der Waals surface area (Å²) in [5, 5.41) is 1.31. The van der Waals surface area contributed by atoms with E-state index in [4.69, 9.17) is 34.8 Å². The first-order valence-electron chi connectivity index (χ1n) is 5.45. The third kappa shape index (κ3) is 2.91. The Morgan fingerprint density at radius 3 is 2.22 bits per heavy atom. The van der Waals surface area contributed by atoms with Crippen LogP contribution in [0.25, 0.3) is 11.5 Å². The minimum Gasteiger partial charge on any atom is -0.251 e. The molecule has 2 aromatic rings. The molecular formula is C12H10Cl3N3. The first-order valence-corrected chi connectivity index (χ1v) is 6.59. The van der Waals surface area contributed by atoms with Crippen LogP contribution in [0.2, 0.25) is 15.3 Å². The van der Waals surface area contributed by atoms with E-state index >= 15 is 0 Å². The van der Waals surface area contributed by atoms with Crippen LogP contribution in [0, 0.1) is 0 Å². The third-order valence-corrected chi connectivity index (χ3v) is 3.21. The standard InChI is InChI=1S/C12H10Cl3N3/c1-2-3-8-10(14)17-12(18-11(8)15)9-5-4-7(13)6-16-9/h4-6H,2-3H2,1H3. The van der Waals surface area contributed by atoms with Crippen molar-refractivity contribution in [2.24, 2.45) is 0 Å². The van der Waals surface area contributed by atoms with E-state index in [2.05, 4.69) is 15.0 Å². The maximum Gasteiger partial charge on any atom is 0.181 e. The van der Waals surface area contributed by atoms with E-state index < -0.39 is 0 Å². The predicted molar refractivity (Wildman–Crippen MR) is 74.3 cm³/mol. The summed E-state index contributed by atoms with van der Waals surface area (Å²) in [7, 11) is 0. The number of aromatic nitrogens is 3. The summed E-state index contributed by atoms with van der Waals surface area (Å²) in [6.45, 7) is 2.04. The Labute approximate surface area is 120 Å². The zero-order chi connectivity index (χ0) is 13.1. The predicted octanol–water partition coefficient (Wildman–Crippen LogP) is 4.45. The minimum atomic E-state index is 0.378. The number of halogens is 3. The molecule has 0 spiro atoms. The Morgan fingerprint density at radius 1 is 1.06 bits per heavy atom. The molecule has 18 heavy (non-hydrogen) atoms. The molecule has 6 heteroatoms. The van der Waals surface area contributed by atoms with E-state index in [1.54, 1.807) is 12.1 Å². The highest BCUT2D eigenvalue weighted by atomic mass is 35.5. The Hall–Kier alpha value is -0.900. The molecule has 0 aliphatic rings. The summed E-state index contributed by atoms with van der Waals surface area (Å²) in [5.74, 6) is 0.404. The molecule has 0 fully saturated rings. The van der Waals surface area contributed by atoms with E-state index in [0.717, 1.165) is 18.4 Å². The van der Waals surface area contributed by atoms with Crippen molar-refractivity contribution in [3.63, 3.8) is 0 Å². The van der Waals surface area contributed by atoms with Crippen molar-refractivity contribution in [2.75, 3.05) is 0 Å². The van der Waals surface area contributed by atoms with Crippen LogP contribution in [0.3, 0.4) is 0 Å². The van der Waals surface area contributed by atoms with Gasteiger partial charge in [-0.3, -0.25) is 4.98 Å². The van der Waals surface area contributed by atoms with E-state index in [1.165, 1.54) is 6.20 Å². The molecule has 0 radical (unpaired) electrons. The maximum absolute atomic E-state index is 6.11. The molecule has 0 saturated heterocycles. The van der Waals surface area contributed by atoms with Crippen LogP contribution in [0.1, 0.15) is 18.9 Å². The smallest absolute Gasteiger partial charge is 0.181 e. The zero-order valence-corrected chi connectivity index (χ0v) is 11.9. The van der Waals surface area contributed by atoms with Crippen LogP contribution in [-0.4, -0.2) is 15.0 Å². The minimum absolute atomic E-state index is 0.378. The summed E-state index contributed by atoms with van der Waals surface area (Å²) < 4.78 is 0. The van der Waals surface area contributed by atoms with Gasteiger partial charge in [-0.15, -0.1) is 0 Å². The van der Waals surface area contributed by atoms with Crippen molar-refractivity contribution < 1.29 is 0 Å². The maximum atomic E-state index is 6.11. The highest BCUT2D eigenvalue weighted by Gasteiger charge is 2.12. The quantitative estimate of drug-likeness (QED) is 0.786. The Balaban J connectivity index is 2.44. The van der Waals surface area contributed by atoms with Gasteiger partial charge in [0.15, 0.2) is 5.82 Å². The van der Waals surface area contributed by atoms with Crippen molar-refractivity contribution in [2.45, 2.75) is 19.8 Å². The molecule has 0 bridgehead atoms. The fourth-order valence-corrected chi connectivity index (χ4v) is 2.20. The lowest BCUT2D eigenvalue weighted by molar-refractivity contribution is 0.902. The van der Waals surface area contributed by atoms with Gasteiger partial charge in [0.25, 0.3) is 0 Å². The van der Waals surface area contributed by atoms with Crippen molar-refractivity contribution in [3.05, 3.63) is 39.2 Å². The molecule has 94 valence electrons. The lowest BCUT2D eigenvalue weighted by atomic mass is 10.2. The first-order chi connectivity index (χ1) is 8.61. The second-order valence-electron chi connectivity index (χ2n) is 3.72. The van der Waals surface area contributed by atoms with Gasteiger partial charge in [-0.2, -0.15) is 0 Å². The Morgan fingerprint density at radius 2 is 1.72 bits per heavy atom. The van der Waals surface area contributed by atoms with Gasteiger partial charge in [-0.1, -0.05) is 48.1 Å². The van der Waals surface area contributed by atoms with Crippen molar-refractivity contribution in [3.8, 4) is 11.5 Å². The number of rotatable bonds is 3. The van der Waals surface area contributed by atoms with Gasteiger partial charge in [-0.05, 0) is 18.6 Å². The van der Waals surface area contributed by atoms with Crippen LogP contribution in [-0.2, 0) is 6.42 Å². The fraction of sp³-hybridized carbons (Fsp3) is 0.250. The Kier molecular flexibility index (Phi) is 4.38. The van der Waals surface area contributed by atoms with Crippen LogP contribution < -0.4 is 0 Å². The van der Waals surface area contributed by atoms with Gasteiger partial charge >= 0.3 is 0 Å². The van der Waals surface area contributed by atoms with Crippen LogP contribution >= 0.6 is 34.8 Å². The molecule has 0 aliphatic heterocycles. The van der Waals surface area contributed by atoms with E-state index in [9.17, 15) is 0 Å². The average molecular weight is 303 g/mol. The molecule has 2 rings (SSSR count). The second-order valence-corrected chi connectivity index (χ2v) is 4.87. The highest BCUT2D eigenvalue weighted by Crippen LogP contribution is 2.26. The normalized spacial score (nSPS) is 10.7. The van der Waals surface area contributed by atoms with Crippen LogP contribution in [0.15, 0.2) is 18.3 Å². The van der Waals surface area contributed by atoms with Gasteiger partial charge in [0, 0.05) is 11.8 Å². The molecule has 0 unspecified atom stereocenters. The second kappa shape index (κ2) is 5.83. The summed E-state index contributed by atoms with van der Waals surface area (Å²) in [6, 6.07) is 3.44. The van der Waals surface area contributed by atoms with Gasteiger partial charge in [0.05, 0.1) is 5.02 Å². The first kappa shape index (κ1) is 13.5. The van der Waals surface area contributed by atoms with Crippen LogP contribution in [0.4, 0.5) is 0 Å². The van der Waals surface area contributed by atoms with E-state index in [1.807, 2.05) is 6.92 Å². The molecule has 0 aromatic carbocycles. The summed E-state index contributed by atoms with van der Waals surface area (Å²) in [6.07, 6.45) is 3.22. The zero-order valence-electron chi connectivity index (χ0n) is 9.62. The molecule has 2 heterocycles. The van der Waals surface area contributed by atoms with E-state index in [0.29, 0.717) is 26.8 Å². The molecule has 0 atom stereocenters. The summed E-state index contributed by atoms with van der Waals surface area (Å²) >= 11 is 18.0. The lowest BCUT2D eigenvalue weighted by Crippen LogP contribution is -1.98. The number of pyridine rings is 1. The largest absolute Gasteiger partial charge is 0.251 e. The van der Waals surface area contributed by atoms with E-state index in [-0.39, 0.29) is 0 Å². The highest BCUT2D eigenvalue weighted by molar-refractivity contribution is 6.34. The topological polar surface area (TPSA) is 38.7 Å². The van der Waals surface area contributed by atoms with Gasteiger partial charge < -0.3 is 0 Å². The van der Waals surface area contributed by atoms with Crippen molar-refractivity contribution in [1.82, 2.24) is 15.0 Å². The third-order valence-electron chi connectivity index (χ3n) is 2.36. The summed E-state index contributed by atoms with van der Waals surface area (Å²) in [5.41, 5.74) is 1.37.